The molecule has 1 atom stereocenters. The van der Waals surface area contributed by atoms with E-state index in [2.05, 4.69) is 15.3 Å². The lowest BCUT2D eigenvalue weighted by Crippen LogP contribution is -2.45. The molecule has 2 N–H and O–H groups in total. The van der Waals surface area contributed by atoms with Gasteiger partial charge in [-0.1, -0.05) is 6.08 Å². The van der Waals surface area contributed by atoms with Crippen LogP contribution < -0.4 is 15.6 Å². The third-order valence-corrected chi connectivity index (χ3v) is 5.00. The number of hydrogen-bond acceptors (Lipinski definition) is 6. The molecule has 0 unspecified atom stereocenters. The van der Waals surface area contributed by atoms with Crippen molar-refractivity contribution >= 4 is 11.6 Å². The van der Waals surface area contributed by atoms with Crippen molar-refractivity contribution in [3.05, 3.63) is 53.1 Å². The average Bonchev–Trinajstić information content (AvgIpc) is 2.75. The van der Waals surface area contributed by atoms with E-state index in [9.17, 15) is 9.59 Å². The number of aromatic amines is 1. The molecule has 8 nitrogen and oxygen atoms in total. The van der Waals surface area contributed by atoms with Crippen molar-refractivity contribution in [2.24, 2.45) is 0 Å². The summed E-state index contributed by atoms with van der Waals surface area (Å²) < 4.78 is 5.18. The minimum atomic E-state index is -0.186. The zero-order chi connectivity index (χ0) is 21.5. The van der Waals surface area contributed by atoms with Gasteiger partial charge in [-0.2, -0.15) is 0 Å². The van der Waals surface area contributed by atoms with Gasteiger partial charge in [0, 0.05) is 55.8 Å². The van der Waals surface area contributed by atoms with Crippen LogP contribution >= 0.6 is 0 Å². The Morgan fingerprint density at radius 3 is 3.00 bits per heavy atom. The van der Waals surface area contributed by atoms with Gasteiger partial charge in [0.05, 0.1) is 7.11 Å². The molecule has 0 bridgehead atoms. The Morgan fingerprint density at radius 1 is 1.40 bits per heavy atom. The highest BCUT2D eigenvalue weighted by molar-refractivity contribution is 5.87. The van der Waals surface area contributed by atoms with E-state index in [1.807, 2.05) is 48.2 Å². The summed E-state index contributed by atoms with van der Waals surface area (Å²) in [6, 6.07) is 5.53. The number of piperidine rings is 1. The number of nitrogens with zero attached hydrogens (tertiary/aromatic N) is 3. The lowest BCUT2D eigenvalue weighted by Gasteiger charge is -2.33. The average molecular weight is 412 g/mol. The number of carbonyl (C=O) groups is 1. The fourth-order valence-electron chi connectivity index (χ4n) is 3.44. The summed E-state index contributed by atoms with van der Waals surface area (Å²) in [6.45, 7) is 2.03. The van der Waals surface area contributed by atoms with Crippen LogP contribution in [0.3, 0.4) is 0 Å². The molecule has 2 aromatic heterocycles. The zero-order valence-electron chi connectivity index (χ0n) is 17.7. The second-order valence-corrected chi connectivity index (χ2v) is 7.65. The fourth-order valence-corrected chi connectivity index (χ4v) is 3.44. The Kier molecular flexibility index (Phi) is 7.24. The second kappa shape index (κ2) is 10.1. The van der Waals surface area contributed by atoms with E-state index >= 15 is 0 Å². The van der Waals surface area contributed by atoms with Crippen molar-refractivity contribution in [2.45, 2.75) is 18.9 Å². The molecule has 1 saturated heterocycles. The molecule has 0 radical (unpaired) electrons. The molecule has 1 aliphatic heterocycles. The van der Waals surface area contributed by atoms with Crippen molar-refractivity contribution in [3.8, 4) is 17.0 Å². The highest BCUT2D eigenvalue weighted by atomic mass is 16.5. The zero-order valence-corrected chi connectivity index (χ0v) is 17.7. The van der Waals surface area contributed by atoms with Gasteiger partial charge in [0.25, 0.3) is 5.56 Å². The normalized spacial score (nSPS) is 16.8. The smallest absolute Gasteiger partial charge is 0.271 e. The van der Waals surface area contributed by atoms with E-state index in [1.54, 1.807) is 25.6 Å². The van der Waals surface area contributed by atoms with Gasteiger partial charge in [0.2, 0.25) is 11.8 Å². The maximum absolute atomic E-state index is 12.5. The Morgan fingerprint density at radius 2 is 2.23 bits per heavy atom. The monoisotopic (exact) mass is 411 g/mol. The second-order valence-electron chi connectivity index (χ2n) is 7.65. The Balaban J connectivity index is 1.70. The maximum Gasteiger partial charge on any atom is 0.271 e. The molecule has 8 heteroatoms. The first-order valence-corrected chi connectivity index (χ1v) is 10.1. The number of pyridine rings is 2. The van der Waals surface area contributed by atoms with Gasteiger partial charge >= 0.3 is 0 Å². The summed E-state index contributed by atoms with van der Waals surface area (Å²) in [5.74, 6) is 0.520. The number of rotatable bonds is 7. The van der Waals surface area contributed by atoms with E-state index in [0.717, 1.165) is 37.1 Å². The van der Waals surface area contributed by atoms with E-state index in [-0.39, 0.29) is 17.5 Å². The summed E-state index contributed by atoms with van der Waals surface area (Å²) >= 11 is 0. The first kappa shape index (κ1) is 21.6. The number of H-pyrrole nitrogens is 1. The number of aromatic nitrogens is 2. The Labute approximate surface area is 176 Å². The Hall–Kier alpha value is -3.13. The van der Waals surface area contributed by atoms with Crippen molar-refractivity contribution in [1.29, 1.82) is 0 Å². The molecular weight excluding hydrogens is 382 g/mol. The summed E-state index contributed by atoms with van der Waals surface area (Å²) in [5.41, 5.74) is 2.06. The predicted molar refractivity (Wildman–Crippen MR) is 118 cm³/mol. The first-order valence-electron chi connectivity index (χ1n) is 10.1. The largest absolute Gasteiger partial charge is 0.481 e. The molecule has 3 heterocycles. The van der Waals surface area contributed by atoms with Crippen LogP contribution in [0.25, 0.3) is 11.1 Å². The highest BCUT2D eigenvalue weighted by Crippen LogP contribution is 2.23. The third kappa shape index (κ3) is 5.70. The van der Waals surface area contributed by atoms with Gasteiger partial charge in [-0.05, 0) is 44.6 Å². The molecule has 160 valence electrons. The van der Waals surface area contributed by atoms with Crippen LogP contribution in [0.1, 0.15) is 12.8 Å². The van der Waals surface area contributed by atoms with Crippen LogP contribution in [0, 0.1) is 0 Å². The van der Waals surface area contributed by atoms with Gasteiger partial charge in [0.15, 0.2) is 0 Å². The molecule has 0 spiro atoms. The molecular formula is C22H29N5O3. The lowest BCUT2D eigenvalue weighted by molar-refractivity contribution is -0.127. The number of carbonyl (C=O) groups excluding carboxylic acids is 1. The maximum atomic E-state index is 12.5. The van der Waals surface area contributed by atoms with Crippen LogP contribution in [0.15, 0.2) is 47.5 Å². The van der Waals surface area contributed by atoms with E-state index in [4.69, 9.17) is 4.74 Å². The summed E-state index contributed by atoms with van der Waals surface area (Å²) in [4.78, 5) is 35.6. The molecule has 30 heavy (non-hydrogen) atoms. The van der Waals surface area contributed by atoms with Crippen molar-refractivity contribution in [2.75, 3.05) is 46.2 Å². The number of likely N-dealkylation sites (N-methyl/N-ethyl adjacent to an activating group) is 1. The van der Waals surface area contributed by atoms with Gasteiger partial charge in [-0.15, -0.1) is 0 Å². The fraction of sp³-hybridized carbons (Fsp3) is 0.409. The molecule has 1 fully saturated rings. The van der Waals surface area contributed by atoms with Crippen LogP contribution in [0.5, 0.6) is 5.88 Å². The van der Waals surface area contributed by atoms with E-state index in [1.165, 1.54) is 0 Å². The predicted octanol–water partition coefficient (Wildman–Crippen LogP) is 1.97. The molecule has 2 aromatic rings. The molecule has 0 aliphatic carbocycles. The van der Waals surface area contributed by atoms with Gasteiger partial charge in [0.1, 0.15) is 5.69 Å². The number of nitrogens with one attached hydrogen (secondary N) is 2. The van der Waals surface area contributed by atoms with E-state index in [0.29, 0.717) is 18.1 Å². The molecule has 0 saturated carbocycles. The van der Waals surface area contributed by atoms with Crippen LogP contribution in [0.4, 0.5) is 5.69 Å². The topological polar surface area (TPSA) is 90.6 Å². The molecule has 1 amide bonds. The standard InChI is InChI=1S/C22H29N5O3/c1-26(2)10-5-7-21(28)27-11-4-6-18(15-27)25-19-12-17(14-24-22(19)29)16-8-9-23-20(13-16)30-3/h5,7-9,12-14,18,25H,4,6,10-11,15H2,1-3H3,(H,24,29)/t18-/m0/s1. The van der Waals surface area contributed by atoms with E-state index < -0.39 is 0 Å². The Bertz CT molecular complexity index is 954. The van der Waals surface area contributed by atoms with Crippen LogP contribution in [0.2, 0.25) is 0 Å². The third-order valence-electron chi connectivity index (χ3n) is 5.00. The summed E-state index contributed by atoms with van der Waals surface area (Å²) in [5, 5.41) is 3.33. The first-order chi connectivity index (χ1) is 14.5. The number of likely N-dealkylation sites (tertiary alicyclic amines) is 1. The number of amides is 1. The van der Waals surface area contributed by atoms with Gasteiger partial charge < -0.3 is 24.8 Å². The summed E-state index contributed by atoms with van der Waals surface area (Å²) in [6.07, 6.45) is 8.64. The van der Waals surface area contributed by atoms with Gasteiger partial charge in [-0.3, -0.25) is 9.59 Å². The SMILES string of the molecule is COc1cc(-c2c[nH]c(=O)c(N[C@H]3CCCN(C(=O)C=CCN(C)C)C3)c2)ccn1. The molecule has 0 aromatic carbocycles. The lowest BCUT2D eigenvalue weighted by atomic mass is 10.0. The van der Waals surface area contributed by atoms with Crippen molar-refractivity contribution in [3.63, 3.8) is 0 Å². The minimum absolute atomic E-state index is 0.00916. The quantitative estimate of drug-likeness (QED) is 0.677. The van der Waals surface area contributed by atoms with Gasteiger partial charge in [-0.25, -0.2) is 4.98 Å². The number of ether oxygens (including phenoxy) is 1. The molecule has 3 rings (SSSR count). The number of hydrogen-bond donors (Lipinski definition) is 2. The van der Waals surface area contributed by atoms with Crippen molar-refractivity contribution in [1.82, 2.24) is 19.8 Å². The summed E-state index contributed by atoms with van der Waals surface area (Å²) in [7, 11) is 5.49. The van der Waals surface area contributed by atoms with Crippen LogP contribution in [-0.2, 0) is 4.79 Å². The number of anilines is 1. The number of methoxy groups -OCH3 is 1. The van der Waals surface area contributed by atoms with Crippen molar-refractivity contribution < 1.29 is 9.53 Å². The van der Waals surface area contributed by atoms with Crippen LogP contribution in [-0.4, -0.2) is 72.6 Å². The minimum Gasteiger partial charge on any atom is -0.481 e. The highest BCUT2D eigenvalue weighted by Gasteiger charge is 2.23. The molecule has 1 aliphatic rings.